The first kappa shape index (κ1) is 23.7. The third kappa shape index (κ3) is 5.53. The van der Waals surface area contributed by atoms with Gasteiger partial charge in [0.05, 0.1) is 11.5 Å². The zero-order chi connectivity index (χ0) is 23.3. The van der Waals surface area contributed by atoms with Gasteiger partial charge in [-0.25, -0.2) is 9.48 Å². The molecule has 31 heavy (non-hydrogen) atoms. The standard InChI is InChI=1S/C17H21N3O11/c1-5-27-17(24)13-11(20(25)26)6-18-19(13)16-15(30-10(4)23)14(29-9(3)22)12(31-16)7-28-8(2)21/h6,12,14-16H,5,7H2,1-4H3/t12-,14+,15+,16-/m0/s1. The molecule has 1 aliphatic heterocycles. The van der Waals surface area contributed by atoms with Crippen molar-refractivity contribution in [1.82, 2.24) is 9.78 Å². The third-order valence-electron chi connectivity index (χ3n) is 4.02. The Morgan fingerprint density at radius 1 is 1.10 bits per heavy atom. The molecule has 170 valence electrons. The summed E-state index contributed by atoms with van der Waals surface area (Å²) in [6.45, 7) is 4.37. The van der Waals surface area contributed by atoms with Crippen LogP contribution < -0.4 is 0 Å². The number of nitrogens with zero attached hydrogens (tertiary/aromatic N) is 3. The fourth-order valence-corrected chi connectivity index (χ4v) is 2.97. The average Bonchev–Trinajstić information content (AvgIpc) is 3.22. The maximum absolute atomic E-state index is 12.4. The molecule has 1 fully saturated rings. The normalized spacial score (nSPS) is 22.5. The van der Waals surface area contributed by atoms with Crippen LogP contribution in [0.3, 0.4) is 0 Å². The summed E-state index contributed by atoms with van der Waals surface area (Å²) >= 11 is 0. The van der Waals surface area contributed by atoms with Crippen molar-refractivity contribution in [2.24, 2.45) is 0 Å². The number of esters is 4. The van der Waals surface area contributed by atoms with Crippen molar-refractivity contribution in [3.8, 4) is 0 Å². The van der Waals surface area contributed by atoms with Crippen molar-refractivity contribution >= 4 is 29.6 Å². The first-order valence-corrected chi connectivity index (χ1v) is 9.09. The van der Waals surface area contributed by atoms with Crippen LogP contribution in [0.2, 0.25) is 0 Å². The molecule has 0 aliphatic carbocycles. The lowest BCUT2D eigenvalue weighted by atomic mass is 10.1. The van der Waals surface area contributed by atoms with Gasteiger partial charge in [-0.15, -0.1) is 0 Å². The van der Waals surface area contributed by atoms with Crippen molar-refractivity contribution in [2.45, 2.75) is 52.2 Å². The Morgan fingerprint density at radius 3 is 2.23 bits per heavy atom. The second-order valence-corrected chi connectivity index (χ2v) is 6.32. The summed E-state index contributed by atoms with van der Waals surface area (Å²) in [5.41, 5.74) is -1.24. The highest BCUT2D eigenvalue weighted by Gasteiger charge is 2.52. The van der Waals surface area contributed by atoms with Crippen LogP contribution in [-0.2, 0) is 38.1 Å². The highest BCUT2D eigenvalue weighted by Crippen LogP contribution is 2.36. The van der Waals surface area contributed by atoms with Gasteiger partial charge in [-0.2, -0.15) is 5.10 Å². The molecule has 1 aromatic heterocycles. The minimum Gasteiger partial charge on any atom is -0.463 e. The van der Waals surface area contributed by atoms with Crippen LogP contribution in [-0.4, -0.2) is 70.1 Å². The molecule has 0 spiro atoms. The van der Waals surface area contributed by atoms with Crippen LogP contribution >= 0.6 is 0 Å². The van der Waals surface area contributed by atoms with Crippen molar-refractivity contribution in [3.63, 3.8) is 0 Å². The Kier molecular flexibility index (Phi) is 7.63. The molecule has 0 aromatic carbocycles. The lowest BCUT2D eigenvalue weighted by molar-refractivity contribution is -0.385. The molecule has 14 heteroatoms. The Morgan fingerprint density at radius 2 is 1.71 bits per heavy atom. The summed E-state index contributed by atoms with van der Waals surface area (Å²) in [5.74, 6) is -3.26. The van der Waals surface area contributed by atoms with Gasteiger partial charge in [0.25, 0.3) is 0 Å². The van der Waals surface area contributed by atoms with E-state index < -0.39 is 64.7 Å². The number of nitro groups is 1. The molecule has 2 rings (SSSR count). The lowest BCUT2D eigenvalue weighted by Gasteiger charge is -2.23. The molecule has 0 N–H and O–H groups in total. The Hall–Kier alpha value is -3.55. The van der Waals surface area contributed by atoms with Gasteiger partial charge in [-0.1, -0.05) is 0 Å². The zero-order valence-electron chi connectivity index (χ0n) is 17.1. The van der Waals surface area contributed by atoms with Crippen LogP contribution in [0.5, 0.6) is 0 Å². The summed E-state index contributed by atoms with van der Waals surface area (Å²) < 4.78 is 26.7. The molecule has 0 saturated carbocycles. The zero-order valence-corrected chi connectivity index (χ0v) is 17.1. The topological polar surface area (TPSA) is 175 Å². The van der Waals surface area contributed by atoms with Crippen LogP contribution in [0.4, 0.5) is 5.69 Å². The quantitative estimate of drug-likeness (QED) is 0.233. The van der Waals surface area contributed by atoms with Crippen LogP contribution in [0.1, 0.15) is 44.4 Å². The van der Waals surface area contributed by atoms with Gasteiger partial charge in [-0.3, -0.25) is 24.5 Å². The van der Waals surface area contributed by atoms with E-state index in [1.807, 2.05) is 0 Å². The minimum atomic E-state index is -1.43. The number of carbonyl (C=O) groups excluding carboxylic acids is 4. The van der Waals surface area contributed by atoms with Gasteiger partial charge in [0.1, 0.15) is 18.9 Å². The van der Waals surface area contributed by atoms with E-state index >= 15 is 0 Å². The van der Waals surface area contributed by atoms with E-state index in [0.717, 1.165) is 31.6 Å². The molecule has 4 atom stereocenters. The number of aromatic nitrogens is 2. The molecule has 1 aliphatic rings. The van der Waals surface area contributed by atoms with E-state index in [4.69, 9.17) is 23.7 Å². The second-order valence-electron chi connectivity index (χ2n) is 6.32. The molecular formula is C17H21N3O11. The molecule has 14 nitrogen and oxygen atoms in total. The number of hydrogen-bond donors (Lipinski definition) is 0. The Labute approximate surface area is 175 Å². The highest BCUT2D eigenvalue weighted by molar-refractivity contribution is 5.92. The summed E-state index contributed by atoms with van der Waals surface area (Å²) in [6.07, 6.45) is -4.37. The van der Waals surface area contributed by atoms with Gasteiger partial charge >= 0.3 is 29.6 Å². The molecule has 0 bridgehead atoms. The fraction of sp³-hybridized carbons (Fsp3) is 0.588. The number of ether oxygens (including phenoxy) is 5. The van der Waals surface area contributed by atoms with Gasteiger partial charge in [0.15, 0.2) is 18.4 Å². The van der Waals surface area contributed by atoms with Crippen molar-refractivity contribution < 1.29 is 47.8 Å². The predicted octanol–water partition coefficient (Wildman–Crippen LogP) is 0.292. The summed E-state index contributed by atoms with van der Waals surface area (Å²) in [6, 6.07) is 0. The molecule has 1 aromatic rings. The first-order chi connectivity index (χ1) is 14.6. The monoisotopic (exact) mass is 443 g/mol. The smallest absolute Gasteiger partial charge is 0.363 e. The predicted molar refractivity (Wildman–Crippen MR) is 96.5 cm³/mol. The molecule has 0 amide bonds. The molecule has 1 saturated heterocycles. The SMILES string of the molecule is CCOC(=O)c1c([N+](=O)[O-])cnn1[C@H]1O[C@@H](COC(C)=O)[C@@H](OC(C)=O)[C@H]1OC(C)=O. The number of carbonyl (C=O) groups is 4. The van der Waals surface area contributed by atoms with E-state index in [0.29, 0.717) is 0 Å². The first-order valence-electron chi connectivity index (χ1n) is 9.09. The van der Waals surface area contributed by atoms with Gasteiger partial charge in [0, 0.05) is 20.8 Å². The third-order valence-corrected chi connectivity index (χ3v) is 4.02. The second kappa shape index (κ2) is 9.97. The molecule has 0 radical (unpaired) electrons. The van der Waals surface area contributed by atoms with Gasteiger partial charge in [0.2, 0.25) is 5.69 Å². The number of hydrogen-bond acceptors (Lipinski definition) is 12. The maximum Gasteiger partial charge on any atom is 0.363 e. The van der Waals surface area contributed by atoms with Crippen molar-refractivity contribution in [3.05, 3.63) is 22.0 Å². The molecule has 0 unspecified atom stereocenters. The van der Waals surface area contributed by atoms with E-state index in [1.165, 1.54) is 6.92 Å². The maximum atomic E-state index is 12.4. The van der Waals surface area contributed by atoms with E-state index in [9.17, 15) is 29.3 Å². The average molecular weight is 443 g/mol. The van der Waals surface area contributed by atoms with Crippen molar-refractivity contribution in [2.75, 3.05) is 13.2 Å². The van der Waals surface area contributed by atoms with Crippen LogP contribution in [0, 0.1) is 10.1 Å². The molecule has 2 heterocycles. The minimum absolute atomic E-state index is 0.0782. The summed E-state index contributed by atoms with van der Waals surface area (Å²) in [5, 5.41) is 15.2. The largest absolute Gasteiger partial charge is 0.463 e. The summed E-state index contributed by atoms with van der Waals surface area (Å²) in [4.78, 5) is 57.4. The Bertz CT molecular complexity index is 881. The highest BCUT2D eigenvalue weighted by atomic mass is 16.7. The van der Waals surface area contributed by atoms with Crippen LogP contribution in [0.15, 0.2) is 6.20 Å². The van der Waals surface area contributed by atoms with Gasteiger partial charge in [-0.05, 0) is 6.92 Å². The molecular weight excluding hydrogens is 422 g/mol. The van der Waals surface area contributed by atoms with E-state index in [-0.39, 0.29) is 13.2 Å². The van der Waals surface area contributed by atoms with Crippen LogP contribution in [0.25, 0.3) is 0 Å². The van der Waals surface area contributed by atoms with E-state index in [1.54, 1.807) is 0 Å². The fourth-order valence-electron chi connectivity index (χ4n) is 2.97. The lowest BCUT2D eigenvalue weighted by Crippen LogP contribution is -2.41. The van der Waals surface area contributed by atoms with E-state index in [2.05, 4.69) is 5.10 Å². The summed E-state index contributed by atoms with van der Waals surface area (Å²) in [7, 11) is 0. The van der Waals surface area contributed by atoms with Crippen molar-refractivity contribution in [1.29, 1.82) is 0 Å². The number of rotatable bonds is 8. The van der Waals surface area contributed by atoms with Gasteiger partial charge < -0.3 is 23.7 Å². The Balaban J connectivity index is 2.54.